The fraction of sp³-hybridized carbons (Fsp3) is 0.333. The summed E-state index contributed by atoms with van der Waals surface area (Å²) in [5.41, 5.74) is 1.04. The van der Waals surface area contributed by atoms with E-state index in [0.29, 0.717) is 0 Å². The van der Waals surface area contributed by atoms with Crippen molar-refractivity contribution in [2.24, 2.45) is 0 Å². The van der Waals surface area contributed by atoms with Crippen molar-refractivity contribution < 1.29 is 0 Å². The van der Waals surface area contributed by atoms with E-state index in [-0.39, 0.29) is 0 Å². The van der Waals surface area contributed by atoms with Gasteiger partial charge in [0.25, 0.3) is 0 Å². The van der Waals surface area contributed by atoms with E-state index in [4.69, 9.17) is 0 Å². The van der Waals surface area contributed by atoms with Crippen molar-refractivity contribution in [2.75, 3.05) is 17.7 Å². The summed E-state index contributed by atoms with van der Waals surface area (Å²) in [6.45, 7) is 4.67. The molecule has 0 spiro atoms. The summed E-state index contributed by atoms with van der Waals surface area (Å²) in [5, 5.41) is 8.51. The standard InChI is InChI=1S/C12H15BrN4S/c1-7-11(14-3)16-8(2)17-12(7)15-6-10-9(13)4-5-18-10/h4-5H,6H2,1-3H3,(H2,14,15,16,17). The quantitative estimate of drug-likeness (QED) is 0.901. The molecule has 2 heterocycles. The van der Waals surface area contributed by atoms with Gasteiger partial charge in [-0.1, -0.05) is 0 Å². The molecule has 0 aliphatic heterocycles. The van der Waals surface area contributed by atoms with Gasteiger partial charge in [0.2, 0.25) is 0 Å². The normalized spacial score (nSPS) is 10.4. The minimum atomic E-state index is 0.762. The van der Waals surface area contributed by atoms with Gasteiger partial charge in [-0.05, 0) is 41.2 Å². The minimum absolute atomic E-state index is 0.762. The Bertz CT molecular complexity index is 553. The Kier molecular flexibility index (Phi) is 4.19. The predicted molar refractivity (Wildman–Crippen MR) is 80.4 cm³/mol. The average Bonchev–Trinajstić information content (AvgIpc) is 2.75. The highest BCUT2D eigenvalue weighted by molar-refractivity contribution is 9.10. The molecule has 0 unspecified atom stereocenters. The third-order valence-electron chi connectivity index (χ3n) is 2.60. The molecule has 4 nitrogen and oxygen atoms in total. The minimum Gasteiger partial charge on any atom is -0.373 e. The first-order chi connectivity index (χ1) is 8.61. The van der Waals surface area contributed by atoms with Crippen molar-refractivity contribution in [3.8, 4) is 0 Å². The lowest BCUT2D eigenvalue weighted by molar-refractivity contribution is 1.01. The molecular formula is C12H15BrN4S. The summed E-state index contributed by atoms with van der Waals surface area (Å²) in [6, 6.07) is 2.05. The fourth-order valence-corrected chi connectivity index (χ4v) is 3.09. The van der Waals surface area contributed by atoms with E-state index >= 15 is 0 Å². The van der Waals surface area contributed by atoms with Crippen LogP contribution in [-0.4, -0.2) is 17.0 Å². The molecule has 0 fully saturated rings. The summed E-state index contributed by atoms with van der Waals surface area (Å²) in [6.07, 6.45) is 0. The lowest BCUT2D eigenvalue weighted by Gasteiger charge is -2.12. The number of rotatable bonds is 4. The Hall–Kier alpha value is -1.14. The maximum Gasteiger partial charge on any atom is 0.135 e. The van der Waals surface area contributed by atoms with Gasteiger partial charge in [0.1, 0.15) is 17.5 Å². The smallest absolute Gasteiger partial charge is 0.135 e. The van der Waals surface area contributed by atoms with Crippen LogP contribution < -0.4 is 10.6 Å². The van der Waals surface area contributed by atoms with Crippen LogP contribution in [0, 0.1) is 13.8 Å². The molecule has 2 rings (SSSR count). The second-order valence-corrected chi connectivity index (χ2v) is 5.74. The van der Waals surface area contributed by atoms with E-state index in [9.17, 15) is 0 Å². The highest BCUT2D eigenvalue weighted by Gasteiger charge is 2.08. The van der Waals surface area contributed by atoms with Crippen LogP contribution in [0.5, 0.6) is 0 Å². The van der Waals surface area contributed by atoms with Crippen molar-refractivity contribution >= 4 is 38.9 Å². The Morgan fingerprint density at radius 1 is 1.28 bits per heavy atom. The lowest BCUT2D eigenvalue weighted by Crippen LogP contribution is -2.07. The summed E-state index contributed by atoms with van der Waals surface area (Å²) in [7, 11) is 1.87. The summed E-state index contributed by atoms with van der Waals surface area (Å²) < 4.78 is 1.14. The Balaban J connectivity index is 2.19. The van der Waals surface area contributed by atoms with Crippen LogP contribution in [0.3, 0.4) is 0 Å². The van der Waals surface area contributed by atoms with Crippen LogP contribution in [0.15, 0.2) is 15.9 Å². The van der Waals surface area contributed by atoms with Crippen molar-refractivity contribution in [3.63, 3.8) is 0 Å². The van der Waals surface area contributed by atoms with Gasteiger partial charge in [-0.15, -0.1) is 11.3 Å². The van der Waals surface area contributed by atoms with Gasteiger partial charge in [0.15, 0.2) is 0 Å². The Morgan fingerprint density at radius 2 is 2.00 bits per heavy atom. The number of nitrogens with zero attached hydrogens (tertiary/aromatic N) is 2. The molecule has 0 saturated heterocycles. The largest absolute Gasteiger partial charge is 0.373 e. The molecule has 96 valence electrons. The van der Waals surface area contributed by atoms with E-state index in [1.165, 1.54) is 4.88 Å². The topological polar surface area (TPSA) is 49.8 Å². The maximum atomic E-state index is 4.44. The SMILES string of the molecule is CNc1nc(C)nc(NCc2sccc2Br)c1C. The van der Waals surface area contributed by atoms with Crippen LogP contribution in [0.25, 0.3) is 0 Å². The number of halogens is 1. The molecule has 0 amide bonds. The molecule has 2 N–H and O–H groups in total. The molecule has 2 aromatic rings. The molecule has 0 aromatic carbocycles. The maximum absolute atomic E-state index is 4.44. The molecule has 0 radical (unpaired) electrons. The number of anilines is 2. The number of hydrogen-bond acceptors (Lipinski definition) is 5. The predicted octanol–water partition coefficient (Wildman–Crippen LogP) is 3.57. The zero-order valence-corrected chi connectivity index (χ0v) is 12.9. The summed E-state index contributed by atoms with van der Waals surface area (Å²) in [5.74, 6) is 2.51. The lowest BCUT2D eigenvalue weighted by atomic mass is 10.3. The molecule has 18 heavy (non-hydrogen) atoms. The first-order valence-corrected chi connectivity index (χ1v) is 7.28. The van der Waals surface area contributed by atoms with Gasteiger partial charge in [-0.25, -0.2) is 9.97 Å². The Labute approximate surface area is 119 Å². The van der Waals surface area contributed by atoms with E-state index in [0.717, 1.165) is 34.0 Å². The average molecular weight is 327 g/mol. The third-order valence-corrected chi connectivity index (χ3v) is 4.53. The molecule has 0 saturated carbocycles. The number of nitrogens with one attached hydrogen (secondary N) is 2. The van der Waals surface area contributed by atoms with Crippen LogP contribution in [-0.2, 0) is 6.54 Å². The van der Waals surface area contributed by atoms with Gasteiger partial charge in [0.05, 0.1) is 6.54 Å². The van der Waals surface area contributed by atoms with Gasteiger partial charge in [-0.3, -0.25) is 0 Å². The van der Waals surface area contributed by atoms with Crippen molar-refractivity contribution in [1.82, 2.24) is 9.97 Å². The zero-order valence-electron chi connectivity index (χ0n) is 10.5. The number of aryl methyl sites for hydroxylation is 1. The monoisotopic (exact) mass is 326 g/mol. The van der Waals surface area contributed by atoms with Gasteiger partial charge >= 0.3 is 0 Å². The second kappa shape index (κ2) is 5.67. The highest BCUT2D eigenvalue weighted by Crippen LogP contribution is 2.25. The molecule has 0 atom stereocenters. The zero-order chi connectivity index (χ0) is 13.1. The first kappa shape index (κ1) is 13.3. The molecule has 2 aromatic heterocycles. The van der Waals surface area contributed by atoms with Crippen molar-refractivity contribution in [3.05, 3.63) is 32.2 Å². The third kappa shape index (κ3) is 2.81. The first-order valence-electron chi connectivity index (χ1n) is 5.60. The van der Waals surface area contributed by atoms with Crippen LogP contribution in [0.4, 0.5) is 11.6 Å². The number of thiophene rings is 1. The fourth-order valence-electron chi connectivity index (χ4n) is 1.66. The summed E-state index contributed by atoms with van der Waals surface area (Å²) >= 11 is 5.25. The van der Waals surface area contributed by atoms with Crippen LogP contribution in [0.1, 0.15) is 16.3 Å². The van der Waals surface area contributed by atoms with E-state index < -0.39 is 0 Å². The molecule has 0 bridgehead atoms. The molecular weight excluding hydrogens is 312 g/mol. The van der Waals surface area contributed by atoms with E-state index in [1.807, 2.05) is 20.9 Å². The van der Waals surface area contributed by atoms with Crippen molar-refractivity contribution in [1.29, 1.82) is 0 Å². The molecule has 6 heteroatoms. The number of hydrogen-bond donors (Lipinski definition) is 2. The second-order valence-electron chi connectivity index (χ2n) is 3.89. The summed E-state index contributed by atoms with van der Waals surface area (Å²) in [4.78, 5) is 10.0. The van der Waals surface area contributed by atoms with E-state index in [1.54, 1.807) is 11.3 Å². The highest BCUT2D eigenvalue weighted by atomic mass is 79.9. The van der Waals surface area contributed by atoms with Crippen molar-refractivity contribution in [2.45, 2.75) is 20.4 Å². The van der Waals surface area contributed by atoms with Gasteiger partial charge < -0.3 is 10.6 Å². The van der Waals surface area contributed by atoms with Crippen LogP contribution >= 0.6 is 27.3 Å². The Morgan fingerprint density at radius 3 is 2.61 bits per heavy atom. The van der Waals surface area contributed by atoms with Gasteiger partial charge in [-0.2, -0.15) is 0 Å². The van der Waals surface area contributed by atoms with E-state index in [2.05, 4.69) is 48.0 Å². The molecule has 0 aliphatic carbocycles. The number of aromatic nitrogens is 2. The molecule has 0 aliphatic rings. The van der Waals surface area contributed by atoms with Gasteiger partial charge in [0, 0.05) is 22.0 Å². The van der Waals surface area contributed by atoms with Crippen LogP contribution in [0.2, 0.25) is 0 Å².